The van der Waals surface area contributed by atoms with E-state index in [0.717, 1.165) is 24.3 Å². The molecule has 0 saturated carbocycles. The molecular weight excluding hydrogens is 633 g/mol. The molecule has 0 bridgehead atoms. The quantitative estimate of drug-likeness (QED) is 0.161. The van der Waals surface area contributed by atoms with Crippen LogP contribution in [-0.4, -0.2) is 55.2 Å². The number of para-hydroxylation sites is 1. The summed E-state index contributed by atoms with van der Waals surface area (Å²) in [5, 5.41) is 3.58. The summed E-state index contributed by atoms with van der Waals surface area (Å²) in [6.45, 7) is 2.82. The van der Waals surface area contributed by atoms with E-state index < -0.39 is 29.4 Å². The summed E-state index contributed by atoms with van der Waals surface area (Å²) in [5.74, 6) is -0.571. The van der Waals surface area contributed by atoms with Gasteiger partial charge in [0.2, 0.25) is 0 Å². The van der Waals surface area contributed by atoms with Gasteiger partial charge in [-0.15, -0.1) is 24.8 Å². The number of aromatic nitrogens is 1. The number of hydrogen-bond acceptors (Lipinski definition) is 6. The smallest absolute Gasteiger partial charge is 0.416 e. The number of fused-ring (bicyclic) bond motifs is 1. The van der Waals surface area contributed by atoms with Crippen LogP contribution in [0.2, 0.25) is 0 Å². The minimum Gasteiger partial charge on any atom is -0.461 e. The summed E-state index contributed by atoms with van der Waals surface area (Å²) < 4.78 is 84.1. The van der Waals surface area contributed by atoms with Gasteiger partial charge in [-0.3, -0.25) is 9.88 Å². The normalized spacial score (nSPS) is 14.0. The zero-order valence-corrected chi connectivity index (χ0v) is 24.6. The number of benzene rings is 3. The summed E-state index contributed by atoms with van der Waals surface area (Å²) in [6, 6.07) is 16.8. The maximum atomic E-state index is 13.1. The predicted molar refractivity (Wildman–Crippen MR) is 161 cm³/mol. The molecule has 5 rings (SSSR count). The molecular formula is C30H28Cl2F6N4O2. The minimum atomic E-state index is -4.49. The van der Waals surface area contributed by atoms with E-state index in [2.05, 4.69) is 15.2 Å². The number of ether oxygens (including phenoxy) is 1. The highest BCUT2D eigenvalue weighted by Gasteiger charge is 2.32. The van der Waals surface area contributed by atoms with Crippen LogP contribution in [0.4, 0.5) is 43.4 Å². The van der Waals surface area contributed by atoms with Gasteiger partial charge in [-0.1, -0.05) is 24.3 Å². The number of alkyl halides is 6. The first-order valence-electron chi connectivity index (χ1n) is 13.1. The average Bonchev–Trinajstić information content (AvgIpc) is 2.97. The van der Waals surface area contributed by atoms with Crippen LogP contribution in [0.5, 0.6) is 0 Å². The number of halogens is 8. The Morgan fingerprint density at radius 3 is 2.18 bits per heavy atom. The van der Waals surface area contributed by atoms with Crippen molar-refractivity contribution in [1.29, 1.82) is 0 Å². The van der Waals surface area contributed by atoms with Gasteiger partial charge in [-0.05, 0) is 48.5 Å². The monoisotopic (exact) mass is 660 g/mol. The van der Waals surface area contributed by atoms with Crippen LogP contribution in [0.25, 0.3) is 10.9 Å². The number of nitrogens with zero attached hydrogens (tertiary/aromatic N) is 3. The molecule has 1 aliphatic heterocycles. The molecule has 0 radical (unpaired) electrons. The third-order valence-electron chi connectivity index (χ3n) is 7.04. The topological polar surface area (TPSA) is 57.7 Å². The van der Waals surface area contributed by atoms with Crippen LogP contribution < -0.4 is 10.2 Å². The Morgan fingerprint density at radius 2 is 1.48 bits per heavy atom. The zero-order valence-electron chi connectivity index (χ0n) is 23.0. The molecule has 1 fully saturated rings. The van der Waals surface area contributed by atoms with Crippen molar-refractivity contribution in [2.75, 3.05) is 49.5 Å². The van der Waals surface area contributed by atoms with Crippen molar-refractivity contribution in [3.8, 4) is 0 Å². The standard InChI is InChI=1S/C30H26F6N4O2.2ClH/c31-29(32,33)20-4-3-5-22(18-20)40-14-12-39(13-15-40)16-17-42-28(41)24-6-1-2-7-25(24)38-26-10-11-37-27-19-21(30(34,35)36)8-9-23(26)27;;/h1-11,18-19H,12-17H2,(H,37,38);2*1H. The van der Waals surface area contributed by atoms with Gasteiger partial charge in [0.15, 0.2) is 0 Å². The number of anilines is 3. The van der Waals surface area contributed by atoms with E-state index in [1.807, 2.05) is 4.90 Å². The van der Waals surface area contributed by atoms with Gasteiger partial charge in [0.05, 0.1) is 27.9 Å². The van der Waals surface area contributed by atoms with Crippen LogP contribution in [-0.2, 0) is 17.1 Å². The van der Waals surface area contributed by atoms with Crippen LogP contribution in [0.1, 0.15) is 21.5 Å². The molecule has 1 aromatic heterocycles. The van der Waals surface area contributed by atoms with Crippen molar-refractivity contribution >= 4 is 58.7 Å². The fourth-order valence-corrected chi connectivity index (χ4v) is 4.80. The van der Waals surface area contributed by atoms with E-state index in [-0.39, 0.29) is 42.5 Å². The Labute approximate surface area is 261 Å². The highest BCUT2D eigenvalue weighted by atomic mass is 35.5. The van der Waals surface area contributed by atoms with Gasteiger partial charge in [0.1, 0.15) is 6.61 Å². The number of rotatable bonds is 7. The van der Waals surface area contributed by atoms with Gasteiger partial charge in [-0.2, -0.15) is 26.3 Å². The van der Waals surface area contributed by atoms with Crippen LogP contribution in [0, 0.1) is 0 Å². The van der Waals surface area contributed by atoms with Crippen LogP contribution in [0.3, 0.4) is 0 Å². The van der Waals surface area contributed by atoms with Crippen LogP contribution in [0.15, 0.2) is 79.0 Å². The minimum absolute atomic E-state index is 0. The van der Waals surface area contributed by atoms with Gasteiger partial charge in [0.25, 0.3) is 0 Å². The number of carbonyl (C=O) groups excluding carboxylic acids is 1. The number of piperazine rings is 1. The van der Waals surface area contributed by atoms with Crippen molar-refractivity contribution in [2.24, 2.45) is 0 Å². The Bertz CT molecular complexity index is 1580. The van der Waals surface area contributed by atoms with Crippen molar-refractivity contribution < 1.29 is 35.9 Å². The molecule has 0 unspecified atom stereocenters. The Morgan fingerprint density at radius 1 is 0.795 bits per heavy atom. The highest BCUT2D eigenvalue weighted by molar-refractivity contribution is 5.99. The number of pyridine rings is 1. The molecule has 0 amide bonds. The molecule has 0 atom stereocenters. The fraction of sp³-hybridized carbons (Fsp3) is 0.267. The van der Waals surface area contributed by atoms with Gasteiger partial charge >= 0.3 is 18.3 Å². The van der Waals surface area contributed by atoms with Gasteiger partial charge in [0, 0.05) is 55.7 Å². The molecule has 44 heavy (non-hydrogen) atoms. The third-order valence-corrected chi connectivity index (χ3v) is 7.04. The number of nitrogens with one attached hydrogen (secondary N) is 1. The van der Waals surface area contributed by atoms with Crippen molar-refractivity contribution in [3.05, 3.63) is 95.7 Å². The van der Waals surface area contributed by atoms with E-state index in [4.69, 9.17) is 4.74 Å². The summed E-state index contributed by atoms with van der Waals surface area (Å²) in [5.41, 5.74) is 0.337. The lowest BCUT2D eigenvalue weighted by Gasteiger charge is -2.36. The highest BCUT2D eigenvalue weighted by Crippen LogP contribution is 2.34. The molecule has 236 valence electrons. The van der Waals surface area contributed by atoms with Gasteiger partial charge < -0.3 is 15.0 Å². The largest absolute Gasteiger partial charge is 0.461 e. The van der Waals surface area contributed by atoms with Crippen LogP contribution >= 0.6 is 24.8 Å². The number of esters is 1. The lowest BCUT2D eigenvalue weighted by atomic mass is 10.1. The lowest BCUT2D eigenvalue weighted by Crippen LogP contribution is -2.47. The molecule has 0 aliphatic carbocycles. The molecule has 14 heteroatoms. The second-order valence-corrected chi connectivity index (χ2v) is 9.77. The molecule has 1 aliphatic rings. The number of hydrogen-bond donors (Lipinski definition) is 1. The van der Waals surface area contributed by atoms with E-state index in [1.165, 1.54) is 18.3 Å². The van der Waals surface area contributed by atoms with E-state index >= 15 is 0 Å². The molecule has 3 aromatic carbocycles. The van der Waals surface area contributed by atoms with E-state index in [0.29, 0.717) is 55.2 Å². The maximum Gasteiger partial charge on any atom is 0.416 e. The van der Waals surface area contributed by atoms with Gasteiger partial charge in [-0.25, -0.2) is 4.79 Å². The Hall–Kier alpha value is -3.74. The number of carbonyl (C=O) groups is 1. The molecule has 6 nitrogen and oxygen atoms in total. The molecule has 2 heterocycles. The molecule has 4 aromatic rings. The first kappa shape index (κ1) is 34.7. The fourth-order valence-electron chi connectivity index (χ4n) is 4.80. The molecule has 1 N–H and O–H groups in total. The zero-order chi connectivity index (χ0) is 29.9. The second kappa shape index (κ2) is 14.4. The first-order chi connectivity index (χ1) is 20.0. The maximum absolute atomic E-state index is 13.1. The Kier molecular flexibility index (Phi) is 11.3. The van der Waals surface area contributed by atoms with Crippen molar-refractivity contribution in [2.45, 2.75) is 12.4 Å². The first-order valence-corrected chi connectivity index (χ1v) is 13.1. The lowest BCUT2D eigenvalue weighted by molar-refractivity contribution is -0.138. The molecule has 1 saturated heterocycles. The van der Waals surface area contributed by atoms with E-state index in [1.54, 1.807) is 36.4 Å². The summed E-state index contributed by atoms with van der Waals surface area (Å²) >= 11 is 0. The van der Waals surface area contributed by atoms with E-state index in [9.17, 15) is 31.1 Å². The SMILES string of the molecule is Cl.Cl.O=C(OCCN1CCN(c2cccc(C(F)(F)F)c2)CC1)c1ccccc1Nc1ccnc2cc(C(F)(F)F)ccc12. The Balaban J connectivity index is 0.00000264. The van der Waals surface area contributed by atoms with Crippen molar-refractivity contribution in [3.63, 3.8) is 0 Å². The van der Waals surface area contributed by atoms with Crippen molar-refractivity contribution in [1.82, 2.24) is 9.88 Å². The summed E-state index contributed by atoms with van der Waals surface area (Å²) in [4.78, 5) is 21.0. The second-order valence-electron chi connectivity index (χ2n) is 9.77. The molecule has 0 spiro atoms. The third kappa shape index (κ3) is 8.25. The summed E-state index contributed by atoms with van der Waals surface area (Å²) in [7, 11) is 0. The summed E-state index contributed by atoms with van der Waals surface area (Å²) in [6.07, 6.45) is -7.51. The predicted octanol–water partition coefficient (Wildman–Crippen LogP) is 7.84. The average molecular weight is 661 g/mol.